The van der Waals surface area contributed by atoms with Gasteiger partial charge in [0.15, 0.2) is 10.4 Å². The lowest BCUT2D eigenvalue weighted by molar-refractivity contribution is -0.137. The molecule has 134 valence electrons. The largest absolute Gasteiger partial charge is 0.481 e. The van der Waals surface area contributed by atoms with Crippen molar-refractivity contribution in [2.75, 3.05) is 18.2 Å². The lowest BCUT2D eigenvalue weighted by atomic mass is 10.1. The Bertz CT molecular complexity index is 764. The van der Waals surface area contributed by atoms with Crippen LogP contribution < -0.4 is 10.1 Å². The number of amides is 1. The molecular formula is C16H19N3O4S2. The molecule has 0 aliphatic heterocycles. The van der Waals surface area contributed by atoms with E-state index in [0.717, 1.165) is 11.1 Å². The monoisotopic (exact) mass is 381 g/mol. The number of aryl methyl sites for hydroxylation is 1. The van der Waals surface area contributed by atoms with Gasteiger partial charge in [0.2, 0.25) is 5.13 Å². The van der Waals surface area contributed by atoms with Gasteiger partial charge in [-0.2, -0.15) is 0 Å². The van der Waals surface area contributed by atoms with E-state index in [4.69, 9.17) is 4.74 Å². The van der Waals surface area contributed by atoms with Crippen molar-refractivity contribution in [1.82, 2.24) is 10.2 Å². The quantitative estimate of drug-likeness (QED) is 0.448. The number of aromatic nitrogens is 2. The van der Waals surface area contributed by atoms with Gasteiger partial charge in [-0.25, -0.2) is 0 Å². The predicted molar refractivity (Wildman–Crippen MR) is 97.3 cm³/mol. The SMILES string of the molecule is COC(=O)CSc1nnc(NC(=O)[C@@H](C)Oc2cccc(C)c2C)s1. The highest BCUT2D eigenvalue weighted by Crippen LogP contribution is 2.26. The molecule has 0 spiro atoms. The van der Waals surface area contributed by atoms with Crippen LogP contribution in [0.15, 0.2) is 22.5 Å². The number of esters is 1. The summed E-state index contributed by atoms with van der Waals surface area (Å²) in [7, 11) is 1.33. The van der Waals surface area contributed by atoms with Crippen LogP contribution >= 0.6 is 23.1 Å². The highest BCUT2D eigenvalue weighted by Gasteiger charge is 2.18. The van der Waals surface area contributed by atoms with Crippen LogP contribution in [0.2, 0.25) is 0 Å². The van der Waals surface area contributed by atoms with Gasteiger partial charge in [-0.05, 0) is 38.0 Å². The molecule has 0 unspecified atom stereocenters. The minimum absolute atomic E-state index is 0.144. The van der Waals surface area contributed by atoms with Crippen LogP contribution in [0.1, 0.15) is 18.1 Å². The fraction of sp³-hybridized carbons (Fsp3) is 0.375. The summed E-state index contributed by atoms with van der Waals surface area (Å²) in [5, 5.41) is 10.8. The molecular weight excluding hydrogens is 362 g/mol. The van der Waals surface area contributed by atoms with Crippen LogP contribution in [0.4, 0.5) is 5.13 Å². The van der Waals surface area contributed by atoms with Crippen molar-refractivity contribution in [3.05, 3.63) is 29.3 Å². The molecule has 1 amide bonds. The van der Waals surface area contributed by atoms with E-state index < -0.39 is 6.10 Å². The predicted octanol–water partition coefficient (Wildman–Crippen LogP) is 2.83. The zero-order valence-electron chi connectivity index (χ0n) is 14.4. The third kappa shape index (κ3) is 5.43. The maximum atomic E-state index is 12.3. The summed E-state index contributed by atoms with van der Waals surface area (Å²) in [6.07, 6.45) is -0.685. The summed E-state index contributed by atoms with van der Waals surface area (Å²) in [6.45, 7) is 5.61. The number of thioether (sulfide) groups is 1. The first-order valence-electron chi connectivity index (χ1n) is 7.47. The Labute approximate surface area is 154 Å². The Balaban J connectivity index is 1.92. The number of rotatable bonds is 7. The zero-order chi connectivity index (χ0) is 18.4. The lowest BCUT2D eigenvalue weighted by Crippen LogP contribution is -2.30. The molecule has 0 saturated carbocycles. The fourth-order valence-corrected chi connectivity index (χ4v) is 3.39. The molecule has 1 atom stereocenters. The Kier molecular flexibility index (Phi) is 6.77. The molecule has 2 aromatic rings. The normalized spacial score (nSPS) is 11.7. The average molecular weight is 381 g/mol. The average Bonchev–Trinajstić information content (AvgIpc) is 3.04. The smallest absolute Gasteiger partial charge is 0.316 e. The lowest BCUT2D eigenvalue weighted by Gasteiger charge is -2.16. The van der Waals surface area contributed by atoms with E-state index in [0.29, 0.717) is 15.2 Å². The van der Waals surface area contributed by atoms with E-state index in [1.54, 1.807) is 6.92 Å². The van der Waals surface area contributed by atoms with E-state index in [-0.39, 0.29) is 17.6 Å². The molecule has 25 heavy (non-hydrogen) atoms. The molecule has 7 nitrogen and oxygen atoms in total. The number of nitrogens with one attached hydrogen (secondary N) is 1. The van der Waals surface area contributed by atoms with Gasteiger partial charge in [0, 0.05) is 0 Å². The van der Waals surface area contributed by atoms with Gasteiger partial charge in [0.05, 0.1) is 12.9 Å². The number of nitrogens with zero attached hydrogens (tertiary/aromatic N) is 2. The second kappa shape index (κ2) is 8.82. The van der Waals surface area contributed by atoms with Gasteiger partial charge in [-0.1, -0.05) is 35.2 Å². The maximum Gasteiger partial charge on any atom is 0.316 e. The van der Waals surface area contributed by atoms with Crippen LogP contribution in [-0.2, 0) is 14.3 Å². The van der Waals surface area contributed by atoms with Crippen molar-refractivity contribution in [3.63, 3.8) is 0 Å². The van der Waals surface area contributed by atoms with Crippen molar-refractivity contribution in [1.29, 1.82) is 0 Å². The van der Waals surface area contributed by atoms with Crippen LogP contribution in [-0.4, -0.2) is 41.0 Å². The van der Waals surface area contributed by atoms with E-state index in [9.17, 15) is 9.59 Å². The van der Waals surface area contributed by atoms with Crippen molar-refractivity contribution in [2.45, 2.75) is 31.2 Å². The summed E-state index contributed by atoms with van der Waals surface area (Å²) in [6, 6.07) is 5.71. The third-order valence-electron chi connectivity index (χ3n) is 3.41. The summed E-state index contributed by atoms with van der Waals surface area (Å²) < 4.78 is 10.9. The first kappa shape index (κ1) is 19.2. The molecule has 0 fully saturated rings. The fourth-order valence-electron chi connectivity index (χ4n) is 1.80. The Morgan fingerprint density at radius 2 is 2.08 bits per heavy atom. The number of methoxy groups -OCH3 is 1. The molecule has 0 aliphatic carbocycles. The topological polar surface area (TPSA) is 90.4 Å². The van der Waals surface area contributed by atoms with E-state index in [1.165, 1.54) is 30.2 Å². The van der Waals surface area contributed by atoms with Gasteiger partial charge in [-0.3, -0.25) is 14.9 Å². The second-order valence-electron chi connectivity index (χ2n) is 5.19. The van der Waals surface area contributed by atoms with E-state index in [1.807, 2.05) is 32.0 Å². The van der Waals surface area contributed by atoms with E-state index >= 15 is 0 Å². The summed E-state index contributed by atoms with van der Waals surface area (Å²) in [4.78, 5) is 23.4. The molecule has 2 rings (SSSR count). The van der Waals surface area contributed by atoms with Gasteiger partial charge in [-0.15, -0.1) is 10.2 Å². The third-order valence-corrected chi connectivity index (χ3v) is 5.35. The number of carbonyl (C=O) groups excluding carboxylic acids is 2. The highest BCUT2D eigenvalue weighted by atomic mass is 32.2. The first-order chi connectivity index (χ1) is 11.9. The van der Waals surface area contributed by atoms with Gasteiger partial charge in [0.25, 0.3) is 5.91 Å². The van der Waals surface area contributed by atoms with Crippen molar-refractivity contribution in [3.8, 4) is 5.75 Å². The first-order valence-corrected chi connectivity index (χ1v) is 9.27. The van der Waals surface area contributed by atoms with Crippen molar-refractivity contribution < 1.29 is 19.1 Å². The minimum Gasteiger partial charge on any atom is -0.481 e. The number of carbonyl (C=O) groups is 2. The van der Waals surface area contributed by atoms with Crippen LogP contribution in [0.25, 0.3) is 0 Å². The molecule has 0 bridgehead atoms. The summed E-state index contributed by atoms with van der Waals surface area (Å²) in [5.41, 5.74) is 2.10. The molecule has 1 heterocycles. The minimum atomic E-state index is -0.685. The molecule has 9 heteroatoms. The molecule has 0 aliphatic rings. The maximum absolute atomic E-state index is 12.3. The van der Waals surface area contributed by atoms with Crippen molar-refractivity contribution in [2.24, 2.45) is 0 Å². The molecule has 0 saturated heterocycles. The Morgan fingerprint density at radius 1 is 1.32 bits per heavy atom. The second-order valence-corrected chi connectivity index (χ2v) is 7.39. The molecule has 1 aromatic heterocycles. The molecule has 1 N–H and O–H groups in total. The standard InChI is InChI=1S/C16H19N3O4S2/c1-9-6-5-7-12(10(9)2)23-11(3)14(21)17-15-18-19-16(25-15)24-8-13(20)22-4/h5-7,11H,8H2,1-4H3,(H,17,18,21)/t11-/m1/s1. The summed E-state index contributed by atoms with van der Waals surface area (Å²) >= 11 is 2.39. The highest BCUT2D eigenvalue weighted by molar-refractivity contribution is 8.01. The number of ether oxygens (including phenoxy) is 2. The van der Waals surface area contributed by atoms with Gasteiger partial charge < -0.3 is 9.47 Å². The Hall–Kier alpha value is -2.13. The number of benzene rings is 1. The zero-order valence-corrected chi connectivity index (χ0v) is 16.0. The number of anilines is 1. The number of hydrogen-bond donors (Lipinski definition) is 1. The van der Waals surface area contributed by atoms with Crippen LogP contribution in [0, 0.1) is 13.8 Å². The Morgan fingerprint density at radius 3 is 2.80 bits per heavy atom. The van der Waals surface area contributed by atoms with Gasteiger partial charge >= 0.3 is 5.97 Å². The van der Waals surface area contributed by atoms with Crippen molar-refractivity contribution >= 4 is 40.1 Å². The molecule has 0 radical (unpaired) electrons. The van der Waals surface area contributed by atoms with Crippen LogP contribution in [0.5, 0.6) is 5.75 Å². The molecule has 1 aromatic carbocycles. The van der Waals surface area contributed by atoms with Gasteiger partial charge in [0.1, 0.15) is 5.75 Å². The number of hydrogen-bond acceptors (Lipinski definition) is 8. The van der Waals surface area contributed by atoms with Crippen LogP contribution in [0.3, 0.4) is 0 Å². The summed E-state index contributed by atoms with van der Waals surface area (Å²) in [5.74, 6) is 0.155. The van der Waals surface area contributed by atoms with E-state index in [2.05, 4.69) is 20.3 Å².